The lowest BCUT2D eigenvalue weighted by atomic mass is 10.3. The molecule has 2 heterocycles. The van der Waals surface area contributed by atoms with Crippen molar-refractivity contribution in [2.45, 2.75) is 33.0 Å². The van der Waals surface area contributed by atoms with Crippen LogP contribution in [0.2, 0.25) is 0 Å². The fraction of sp³-hybridized carbons (Fsp3) is 0.417. The van der Waals surface area contributed by atoms with E-state index in [9.17, 15) is 0 Å². The minimum Gasteiger partial charge on any atom is -0.462 e. The van der Waals surface area contributed by atoms with E-state index in [0.29, 0.717) is 12.3 Å². The molecule has 1 unspecified atom stereocenters. The molecule has 0 aromatic carbocycles. The Bertz CT molecular complexity index is 478. The second-order valence-electron chi connectivity index (χ2n) is 3.94. The van der Waals surface area contributed by atoms with Gasteiger partial charge in [0, 0.05) is 11.1 Å². The van der Waals surface area contributed by atoms with Gasteiger partial charge >= 0.3 is 0 Å². The average molecular weight is 252 g/mol. The van der Waals surface area contributed by atoms with Crippen molar-refractivity contribution in [3.05, 3.63) is 39.7 Å². The molecular weight excluding hydrogens is 236 g/mol. The van der Waals surface area contributed by atoms with Crippen LogP contribution in [-0.2, 0) is 13.2 Å². The number of hydrogen-bond acceptors (Lipinski definition) is 5. The molecule has 0 spiro atoms. The first-order valence-corrected chi connectivity index (χ1v) is 6.35. The Balaban J connectivity index is 1.89. The maximum absolute atomic E-state index is 8.89. The van der Waals surface area contributed by atoms with Crippen LogP contribution in [0.15, 0.2) is 22.7 Å². The second-order valence-corrected chi connectivity index (χ2v) is 5.20. The molecule has 1 atom stereocenters. The van der Waals surface area contributed by atoms with Crippen LogP contribution in [0.4, 0.5) is 0 Å². The molecule has 2 aromatic rings. The molecule has 0 bridgehead atoms. The Morgan fingerprint density at radius 3 is 2.82 bits per heavy atom. The molecule has 2 aromatic heterocycles. The summed E-state index contributed by atoms with van der Waals surface area (Å²) in [7, 11) is 0. The predicted octanol–water partition coefficient (Wildman–Crippen LogP) is 2.39. The van der Waals surface area contributed by atoms with Gasteiger partial charge in [-0.1, -0.05) is 0 Å². The number of hydrogen-bond donors (Lipinski definition) is 2. The van der Waals surface area contributed by atoms with Gasteiger partial charge in [0.1, 0.15) is 23.1 Å². The van der Waals surface area contributed by atoms with Crippen LogP contribution in [0, 0.1) is 6.92 Å². The van der Waals surface area contributed by atoms with E-state index in [1.165, 1.54) is 4.88 Å². The molecule has 0 radical (unpaired) electrons. The van der Waals surface area contributed by atoms with E-state index < -0.39 is 0 Å². The number of aliphatic hydroxyl groups excluding tert-OH is 1. The lowest BCUT2D eigenvalue weighted by Gasteiger charge is -2.09. The van der Waals surface area contributed by atoms with Crippen molar-refractivity contribution >= 4 is 11.3 Å². The molecule has 92 valence electrons. The van der Waals surface area contributed by atoms with Gasteiger partial charge in [0.2, 0.25) is 0 Å². The van der Waals surface area contributed by atoms with Crippen LogP contribution >= 0.6 is 11.3 Å². The minimum absolute atomic E-state index is 0.0543. The molecule has 4 nitrogen and oxygen atoms in total. The summed E-state index contributed by atoms with van der Waals surface area (Å²) in [5.74, 6) is 1.42. The fourth-order valence-electron chi connectivity index (χ4n) is 1.52. The molecule has 0 amide bonds. The number of aryl methyl sites for hydroxylation is 1. The van der Waals surface area contributed by atoms with Crippen LogP contribution in [0.3, 0.4) is 0 Å². The highest BCUT2D eigenvalue weighted by Gasteiger charge is 2.09. The van der Waals surface area contributed by atoms with E-state index >= 15 is 0 Å². The summed E-state index contributed by atoms with van der Waals surface area (Å²) >= 11 is 1.70. The SMILES string of the molecule is Cc1cnc(C(C)NCc2ccc(CO)o2)s1. The number of furan rings is 1. The van der Waals surface area contributed by atoms with Crippen LogP contribution in [0.5, 0.6) is 0 Å². The third-order valence-electron chi connectivity index (χ3n) is 2.47. The van der Waals surface area contributed by atoms with Crippen LogP contribution in [0.1, 0.15) is 34.4 Å². The third-order valence-corrected chi connectivity index (χ3v) is 3.56. The van der Waals surface area contributed by atoms with Gasteiger partial charge in [-0.05, 0) is 26.0 Å². The Morgan fingerprint density at radius 1 is 1.47 bits per heavy atom. The van der Waals surface area contributed by atoms with E-state index in [0.717, 1.165) is 10.8 Å². The van der Waals surface area contributed by atoms with Crippen molar-refractivity contribution in [2.24, 2.45) is 0 Å². The predicted molar refractivity (Wildman–Crippen MR) is 66.7 cm³/mol. The van der Waals surface area contributed by atoms with Crippen molar-refractivity contribution in [2.75, 3.05) is 0 Å². The maximum atomic E-state index is 8.89. The molecule has 2 rings (SSSR count). The molecule has 0 fully saturated rings. The quantitative estimate of drug-likeness (QED) is 0.858. The highest BCUT2D eigenvalue weighted by Crippen LogP contribution is 2.19. The van der Waals surface area contributed by atoms with Crippen molar-refractivity contribution in [1.29, 1.82) is 0 Å². The third kappa shape index (κ3) is 3.15. The standard InChI is InChI=1S/C12H16N2O2S/c1-8-5-14-12(17-8)9(2)13-6-10-3-4-11(7-15)16-10/h3-5,9,13,15H,6-7H2,1-2H3. The van der Waals surface area contributed by atoms with Gasteiger partial charge in [-0.2, -0.15) is 0 Å². The van der Waals surface area contributed by atoms with Crippen molar-refractivity contribution < 1.29 is 9.52 Å². The van der Waals surface area contributed by atoms with Gasteiger partial charge in [-0.15, -0.1) is 11.3 Å². The van der Waals surface area contributed by atoms with Crippen LogP contribution in [-0.4, -0.2) is 10.1 Å². The Kier molecular flexibility index (Phi) is 3.93. The molecule has 0 aliphatic rings. The first-order valence-electron chi connectivity index (χ1n) is 5.53. The van der Waals surface area contributed by atoms with E-state index in [1.54, 1.807) is 17.4 Å². The summed E-state index contributed by atoms with van der Waals surface area (Å²) in [6, 6.07) is 3.87. The molecule has 17 heavy (non-hydrogen) atoms. The van der Waals surface area contributed by atoms with Crippen molar-refractivity contribution in [1.82, 2.24) is 10.3 Å². The van der Waals surface area contributed by atoms with Crippen LogP contribution in [0.25, 0.3) is 0 Å². The lowest BCUT2D eigenvalue weighted by molar-refractivity contribution is 0.242. The van der Waals surface area contributed by atoms with E-state index in [-0.39, 0.29) is 12.6 Å². The highest BCUT2D eigenvalue weighted by molar-refractivity contribution is 7.11. The van der Waals surface area contributed by atoms with Gasteiger partial charge in [-0.25, -0.2) is 4.98 Å². The second kappa shape index (κ2) is 5.44. The van der Waals surface area contributed by atoms with Gasteiger partial charge < -0.3 is 14.8 Å². The minimum atomic E-state index is -0.0543. The van der Waals surface area contributed by atoms with E-state index in [2.05, 4.69) is 17.2 Å². The van der Waals surface area contributed by atoms with Gasteiger partial charge in [-0.3, -0.25) is 0 Å². The summed E-state index contributed by atoms with van der Waals surface area (Å²) in [6.45, 7) is 4.71. The summed E-state index contributed by atoms with van der Waals surface area (Å²) in [5.41, 5.74) is 0. The molecule has 2 N–H and O–H groups in total. The fourth-order valence-corrected chi connectivity index (χ4v) is 2.32. The topological polar surface area (TPSA) is 58.3 Å². The first-order chi connectivity index (χ1) is 8.19. The molecule has 0 saturated heterocycles. The lowest BCUT2D eigenvalue weighted by Crippen LogP contribution is -2.17. The molecule has 0 aliphatic carbocycles. The maximum Gasteiger partial charge on any atom is 0.129 e. The summed E-state index contributed by atoms with van der Waals surface area (Å²) in [6.07, 6.45) is 1.88. The van der Waals surface area contributed by atoms with Crippen LogP contribution < -0.4 is 5.32 Å². The van der Waals surface area contributed by atoms with Gasteiger partial charge in [0.25, 0.3) is 0 Å². The monoisotopic (exact) mass is 252 g/mol. The smallest absolute Gasteiger partial charge is 0.129 e. The molecular formula is C12H16N2O2S. The van der Waals surface area contributed by atoms with E-state index in [4.69, 9.17) is 9.52 Å². The zero-order chi connectivity index (χ0) is 12.3. The van der Waals surface area contributed by atoms with Gasteiger partial charge in [0.05, 0.1) is 12.6 Å². The number of nitrogens with zero attached hydrogens (tertiary/aromatic N) is 1. The molecule has 0 saturated carbocycles. The van der Waals surface area contributed by atoms with Crippen molar-refractivity contribution in [3.8, 4) is 0 Å². The Labute approximate surface area is 104 Å². The average Bonchev–Trinajstić information content (AvgIpc) is 2.94. The van der Waals surface area contributed by atoms with E-state index in [1.807, 2.05) is 19.2 Å². The first kappa shape index (κ1) is 12.3. The van der Waals surface area contributed by atoms with Crippen molar-refractivity contribution in [3.63, 3.8) is 0 Å². The van der Waals surface area contributed by atoms with Gasteiger partial charge in [0.15, 0.2) is 0 Å². The highest BCUT2D eigenvalue weighted by atomic mass is 32.1. The largest absolute Gasteiger partial charge is 0.462 e. The zero-order valence-electron chi connectivity index (χ0n) is 9.93. The number of thiazole rings is 1. The molecule has 5 heteroatoms. The Hall–Kier alpha value is -1.17. The molecule has 0 aliphatic heterocycles. The summed E-state index contributed by atoms with van der Waals surface area (Å²) in [4.78, 5) is 5.55. The number of aliphatic hydroxyl groups is 1. The summed E-state index contributed by atoms with van der Waals surface area (Å²) < 4.78 is 5.39. The summed E-state index contributed by atoms with van der Waals surface area (Å²) in [5, 5.41) is 13.3. The Morgan fingerprint density at radius 2 is 2.24 bits per heavy atom. The number of aromatic nitrogens is 1. The zero-order valence-corrected chi connectivity index (χ0v) is 10.8. The normalized spacial score (nSPS) is 12.9. The number of rotatable bonds is 5. The number of nitrogens with one attached hydrogen (secondary N) is 1.